The van der Waals surface area contributed by atoms with Crippen LogP contribution in [0, 0.1) is 12.9 Å². The van der Waals surface area contributed by atoms with Crippen LogP contribution in [0.3, 0.4) is 0 Å². The van der Waals surface area contributed by atoms with Crippen LogP contribution in [0.15, 0.2) is 35.2 Å². The molecule has 0 atom stereocenters. The van der Waals surface area contributed by atoms with Crippen molar-refractivity contribution in [2.45, 2.75) is 11.8 Å². The number of benzene rings is 1. The Morgan fingerprint density at radius 1 is 1.35 bits per heavy atom. The van der Waals surface area contributed by atoms with Crippen molar-refractivity contribution in [2.75, 3.05) is 10.5 Å². The molecule has 106 valence electrons. The molecular formula is C12H11ClFN3O2S. The Hall–Kier alpha value is -1.86. The average Bonchev–Trinajstić information content (AvgIpc) is 2.34. The summed E-state index contributed by atoms with van der Waals surface area (Å²) >= 11 is 5.88. The molecule has 0 unspecified atom stereocenters. The number of nitrogens with one attached hydrogen (secondary N) is 1. The van der Waals surface area contributed by atoms with Gasteiger partial charge in [-0.15, -0.1) is 0 Å². The summed E-state index contributed by atoms with van der Waals surface area (Å²) in [5.74, 6) is -0.895. The average molecular weight is 316 g/mol. The molecule has 5 nitrogen and oxygen atoms in total. The van der Waals surface area contributed by atoms with Gasteiger partial charge in [0, 0.05) is 0 Å². The fourth-order valence-corrected chi connectivity index (χ4v) is 2.81. The van der Waals surface area contributed by atoms with Crippen LogP contribution in [0.1, 0.15) is 5.56 Å². The van der Waals surface area contributed by atoms with Crippen LogP contribution in [-0.2, 0) is 10.0 Å². The van der Waals surface area contributed by atoms with Crippen LogP contribution < -0.4 is 10.5 Å². The molecular weight excluding hydrogens is 305 g/mol. The molecule has 8 heteroatoms. The van der Waals surface area contributed by atoms with E-state index in [-0.39, 0.29) is 16.4 Å². The van der Waals surface area contributed by atoms with Crippen molar-refractivity contribution >= 4 is 33.1 Å². The van der Waals surface area contributed by atoms with E-state index >= 15 is 0 Å². The lowest BCUT2D eigenvalue weighted by Crippen LogP contribution is -2.14. The van der Waals surface area contributed by atoms with Crippen LogP contribution >= 0.6 is 11.6 Å². The van der Waals surface area contributed by atoms with Crippen molar-refractivity contribution in [2.24, 2.45) is 0 Å². The lowest BCUT2D eigenvalue weighted by molar-refractivity contribution is 0.584. The van der Waals surface area contributed by atoms with Gasteiger partial charge in [0.15, 0.2) is 0 Å². The quantitative estimate of drug-likeness (QED) is 0.673. The normalized spacial score (nSPS) is 11.3. The summed E-state index contributed by atoms with van der Waals surface area (Å²) in [5.41, 5.74) is 6.32. The van der Waals surface area contributed by atoms with Crippen molar-refractivity contribution in [1.29, 1.82) is 0 Å². The zero-order valence-electron chi connectivity index (χ0n) is 10.4. The second kappa shape index (κ2) is 5.26. The summed E-state index contributed by atoms with van der Waals surface area (Å²) in [6.45, 7) is 1.64. The van der Waals surface area contributed by atoms with E-state index in [4.69, 9.17) is 17.3 Å². The van der Waals surface area contributed by atoms with Gasteiger partial charge in [-0.3, -0.25) is 4.72 Å². The Labute approximate surface area is 120 Å². The maximum atomic E-state index is 12.9. The maximum absolute atomic E-state index is 12.9. The Bertz CT molecular complexity index is 742. The first-order valence-corrected chi connectivity index (χ1v) is 7.37. The zero-order valence-corrected chi connectivity index (χ0v) is 12.0. The van der Waals surface area contributed by atoms with Crippen LogP contribution in [-0.4, -0.2) is 13.4 Å². The molecule has 0 saturated carbocycles. The van der Waals surface area contributed by atoms with Gasteiger partial charge in [0.25, 0.3) is 10.0 Å². The number of nitrogens with two attached hydrogens (primary N) is 1. The Balaban J connectivity index is 2.41. The van der Waals surface area contributed by atoms with E-state index in [0.29, 0.717) is 10.6 Å². The molecule has 0 radical (unpaired) electrons. The van der Waals surface area contributed by atoms with Crippen molar-refractivity contribution < 1.29 is 12.8 Å². The first-order chi connectivity index (χ1) is 9.29. The van der Waals surface area contributed by atoms with Gasteiger partial charge >= 0.3 is 0 Å². The summed E-state index contributed by atoms with van der Waals surface area (Å²) in [6.07, 6.45) is 0. The van der Waals surface area contributed by atoms with Gasteiger partial charge in [0.1, 0.15) is 5.82 Å². The standard InChI is InChI=1S/C12H11ClFN3O2S/c1-7-5-8(6-9(15)12(7)13)20(18,19)17-11-4-2-3-10(14)16-11/h2-6H,15H2,1H3,(H,16,17). The summed E-state index contributed by atoms with van der Waals surface area (Å²) in [6, 6.07) is 6.41. The smallest absolute Gasteiger partial charge is 0.263 e. The number of halogens is 2. The van der Waals surface area contributed by atoms with Crippen molar-refractivity contribution in [3.05, 3.63) is 46.9 Å². The summed E-state index contributed by atoms with van der Waals surface area (Å²) < 4.78 is 39.4. The second-order valence-corrected chi connectivity index (χ2v) is 6.15. The van der Waals surface area contributed by atoms with Crippen LogP contribution in [0.2, 0.25) is 5.02 Å². The van der Waals surface area contributed by atoms with E-state index in [0.717, 1.165) is 6.07 Å². The monoisotopic (exact) mass is 315 g/mol. The lowest BCUT2D eigenvalue weighted by Gasteiger charge is -2.10. The Morgan fingerprint density at radius 2 is 2.05 bits per heavy atom. The Morgan fingerprint density at radius 3 is 2.65 bits per heavy atom. The molecule has 0 bridgehead atoms. The van der Waals surface area contributed by atoms with E-state index in [9.17, 15) is 12.8 Å². The van der Waals surface area contributed by atoms with Gasteiger partial charge < -0.3 is 5.73 Å². The molecule has 2 rings (SSSR count). The summed E-state index contributed by atoms with van der Waals surface area (Å²) in [7, 11) is -3.91. The van der Waals surface area contributed by atoms with Gasteiger partial charge in [0.2, 0.25) is 5.95 Å². The molecule has 0 amide bonds. The number of aryl methyl sites for hydroxylation is 1. The SMILES string of the molecule is Cc1cc(S(=O)(=O)Nc2cccc(F)n2)cc(N)c1Cl. The van der Waals surface area contributed by atoms with Gasteiger partial charge in [-0.2, -0.15) is 4.39 Å². The third-order valence-electron chi connectivity index (χ3n) is 2.52. The second-order valence-electron chi connectivity index (χ2n) is 4.09. The number of nitrogen functional groups attached to an aromatic ring is 1. The maximum Gasteiger partial charge on any atom is 0.263 e. The number of hydrogen-bond donors (Lipinski definition) is 2. The van der Waals surface area contributed by atoms with E-state index in [1.807, 2.05) is 0 Å². The lowest BCUT2D eigenvalue weighted by atomic mass is 10.2. The zero-order chi connectivity index (χ0) is 14.9. The first kappa shape index (κ1) is 14.5. The van der Waals surface area contributed by atoms with Gasteiger partial charge in [-0.1, -0.05) is 17.7 Å². The minimum Gasteiger partial charge on any atom is -0.397 e. The first-order valence-electron chi connectivity index (χ1n) is 5.50. The highest BCUT2D eigenvalue weighted by Gasteiger charge is 2.17. The van der Waals surface area contributed by atoms with E-state index in [1.54, 1.807) is 6.92 Å². The molecule has 0 aliphatic heterocycles. The number of rotatable bonds is 3. The van der Waals surface area contributed by atoms with E-state index < -0.39 is 16.0 Å². The molecule has 0 spiro atoms. The van der Waals surface area contributed by atoms with Gasteiger partial charge in [-0.25, -0.2) is 13.4 Å². The molecule has 0 saturated heterocycles. The third-order valence-corrected chi connectivity index (χ3v) is 4.37. The molecule has 0 aliphatic carbocycles. The van der Waals surface area contributed by atoms with Crippen LogP contribution in [0.25, 0.3) is 0 Å². The molecule has 0 aliphatic rings. The molecule has 3 N–H and O–H groups in total. The number of pyridine rings is 1. The van der Waals surface area contributed by atoms with Crippen LogP contribution in [0.5, 0.6) is 0 Å². The highest BCUT2D eigenvalue weighted by molar-refractivity contribution is 7.92. The minimum atomic E-state index is -3.91. The molecule has 1 heterocycles. The largest absolute Gasteiger partial charge is 0.397 e. The molecule has 0 fully saturated rings. The molecule has 20 heavy (non-hydrogen) atoms. The van der Waals surface area contributed by atoms with Gasteiger partial charge in [-0.05, 0) is 36.8 Å². The van der Waals surface area contributed by atoms with E-state index in [1.165, 1.54) is 24.3 Å². The van der Waals surface area contributed by atoms with Gasteiger partial charge in [0.05, 0.1) is 15.6 Å². The predicted octanol–water partition coefficient (Wildman–Crippen LogP) is 2.57. The number of anilines is 2. The summed E-state index contributed by atoms with van der Waals surface area (Å²) in [5, 5.41) is 0.299. The minimum absolute atomic E-state index is 0.0667. The van der Waals surface area contributed by atoms with Crippen molar-refractivity contribution in [3.8, 4) is 0 Å². The van der Waals surface area contributed by atoms with E-state index in [2.05, 4.69) is 9.71 Å². The highest BCUT2D eigenvalue weighted by Crippen LogP contribution is 2.27. The third kappa shape index (κ3) is 3.00. The summed E-state index contributed by atoms with van der Waals surface area (Å²) in [4.78, 5) is 3.37. The number of aromatic nitrogens is 1. The fraction of sp³-hybridized carbons (Fsp3) is 0.0833. The molecule has 1 aromatic heterocycles. The molecule has 1 aromatic carbocycles. The van der Waals surface area contributed by atoms with Crippen molar-refractivity contribution in [3.63, 3.8) is 0 Å². The number of hydrogen-bond acceptors (Lipinski definition) is 4. The Kier molecular flexibility index (Phi) is 3.82. The predicted molar refractivity (Wildman–Crippen MR) is 75.6 cm³/mol. The highest BCUT2D eigenvalue weighted by atomic mass is 35.5. The molecule has 2 aromatic rings. The number of nitrogens with zero attached hydrogens (tertiary/aromatic N) is 1. The topological polar surface area (TPSA) is 85.1 Å². The fourth-order valence-electron chi connectivity index (χ4n) is 1.58. The van der Waals surface area contributed by atoms with Crippen LogP contribution in [0.4, 0.5) is 15.9 Å². The number of sulfonamides is 1. The van der Waals surface area contributed by atoms with Crippen molar-refractivity contribution in [1.82, 2.24) is 4.98 Å².